The fourth-order valence-electron chi connectivity index (χ4n) is 16.1. The summed E-state index contributed by atoms with van der Waals surface area (Å²) in [4.78, 5) is 181. The summed E-state index contributed by atoms with van der Waals surface area (Å²) >= 11 is 0. The molecule has 21 aliphatic rings. The van der Waals surface area contributed by atoms with Crippen LogP contribution in [0.25, 0.3) is 0 Å². The molecule has 21 saturated heterocycles. The molecule has 798 valence electrons. The third-order valence-corrected chi connectivity index (χ3v) is 21.1. The largest absolute Gasteiger partial charge is 0.480 e. The third kappa shape index (κ3) is 33.9. The Labute approximate surface area is 789 Å². The number of carboxylic acids is 14. The molecule has 140 heavy (non-hydrogen) atoms. The minimum Gasteiger partial charge on any atom is -0.480 e. The van der Waals surface area contributed by atoms with Crippen molar-refractivity contribution in [3.8, 4) is 0 Å². The maximum atomic E-state index is 12.9. The van der Waals surface area contributed by atoms with Crippen LogP contribution in [0.2, 0.25) is 0 Å². The van der Waals surface area contributed by atoms with E-state index in [2.05, 4.69) is 0 Å². The topological polar surface area (TPSA) is 845 Å². The maximum absolute atomic E-state index is 12.9. The van der Waals surface area contributed by atoms with Crippen LogP contribution in [0.3, 0.4) is 0 Å². The van der Waals surface area contributed by atoms with Gasteiger partial charge in [-0.3, -0.25) is 0 Å². The van der Waals surface area contributed by atoms with Gasteiger partial charge in [0.05, 0.1) is 46.2 Å². The summed E-state index contributed by atoms with van der Waals surface area (Å²) in [6, 6.07) is 0. The van der Waals surface area contributed by atoms with Gasteiger partial charge in [0.25, 0.3) is 0 Å². The Balaban J connectivity index is 1.49. The lowest BCUT2D eigenvalue weighted by Gasteiger charge is -2.53. The van der Waals surface area contributed by atoms with E-state index < -0.39 is 437 Å². The summed E-state index contributed by atoms with van der Waals surface area (Å²) in [5.41, 5.74) is 0. The van der Waals surface area contributed by atoms with Crippen molar-refractivity contribution in [3.63, 3.8) is 0 Å². The molecule has 21 heterocycles. The second kappa shape index (κ2) is 57.6. The van der Waals surface area contributed by atoms with Crippen molar-refractivity contribution >= 4 is 83.6 Å². The lowest BCUT2D eigenvalue weighted by molar-refractivity contribution is -0.406. The number of aliphatic carboxylic acids is 14. The average molecular weight is 2050 g/mol. The van der Waals surface area contributed by atoms with E-state index in [0.29, 0.717) is 0 Å². The first-order chi connectivity index (χ1) is 66.7. The van der Waals surface area contributed by atoms with Crippen LogP contribution in [0.5, 0.6) is 0 Å². The number of methoxy groups -OCH3 is 7. The SMILES string of the molecule is COC[C@H]1O[C@@H]2O[C@H]3[C@H](OCC(=O)O)[C@@H](OCC(=O)O)[C@@H](O[C@H]4[C@H](OCC(=O)O)[C@@H](OCC(=O)O)[C@@H](O[C@H]5[C@H](OCC(=O)O)[C@@H](OCC(=O)O)[C@@H](O[C@H]6[C@H](OCC(=O)O)[C@@H](OCC(=O)O)[C@@H](O[C@H]7[C@H](OCC(=O)O)[C@@H](OCC(=O)O)[C@@H](O[C@H]8[C@H](OCC(=O)O)[C@@H](OCC(=O)O)[C@@H](O[C@H]1[C@H](OCC(=O)O)[C@H]2OCC(=O)O)O[C@@H]8COC)O[C@@H]7COC)O[C@@H]6COC)O[C@@H]5COC)O[C@@H]4COC)O[C@@H]3COC. The maximum Gasteiger partial charge on any atom is 0.329 e. The molecule has 0 aliphatic carbocycles. The van der Waals surface area contributed by atoms with Crippen molar-refractivity contribution in [3.05, 3.63) is 0 Å². The van der Waals surface area contributed by atoms with Crippen molar-refractivity contribution < 1.29 is 304 Å². The van der Waals surface area contributed by atoms with E-state index in [-0.39, 0.29) is 0 Å². The molecule has 0 aromatic carbocycles. The molecular weight excluding hydrogens is 1930 g/mol. The van der Waals surface area contributed by atoms with Gasteiger partial charge >= 0.3 is 83.6 Å². The van der Waals surface area contributed by atoms with Crippen molar-refractivity contribution in [2.75, 3.05) is 189 Å². The Morgan fingerprint density at radius 2 is 0.236 bits per heavy atom. The van der Waals surface area contributed by atoms with Gasteiger partial charge in [-0.2, -0.15) is 0 Å². The van der Waals surface area contributed by atoms with Crippen LogP contribution in [-0.2, 0) is 233 Å². The highest BCUT2D eigenvalue weighted by Gasteiger charge is 2.64. The van der Waals surface area contributed by atoms with Gasteiger partial charge in [0.15, 0.2) is 44.0 Å². The number of carbonyl (C=O) groups is 14. The Kier molecular flexibility index (Phi) is 47.9. The van der Waals surface area contributed by atoms with Crippen molar-refractivity contribution in [1.82, 2.24) is 0 Å². The average Bonchev–Trinajstić information content (AvgIpc) is 0.782. The first-order valence-corrected chi connectivity index (χ1v) is 41.9. The lowest BCUT2D eigenvalue weighted by atomic mass is 9.94. The predicted octanol–water partition coefficient (Wildman–Crippen LogP) is -9.13. The number of hydrogen-bond acceptors (Lipinski definition) is 49. The molecule has 21 fully saturated rings. The molecule has 35 atom stereocenters. The van der Waals surface area contributed by atoms with Crippen LogP contribution < -0.4 is 0 Å². The molecule has 0 radical (unpaired) electrons. The standard InChI is InChI=1S/C77H112O63/c1-106-8-29-50-57(113-15-36(78)79)64(120-22-43(92)93)71(127-29)135-51-30(9-107-2)129-73(66(122-24-45(96)97)58(51)114-16-37(80)81)137-53-32(11-109-4)131-75(68(124-26-47(100)101)60(53)116-18-39(84)85)139-55-34(13-111-6)133-77(70(126-28-49(104)105)62(55)118-20-41(88)89)140-56-35(14-112-7)132-76(69(125-27-48(102)103)63(56)119-21-42(90)91)138-54-33(12-110-5)130-74(67(123-25-46(98)99)61(54)117-19-40(86)87)136-52-31(10-108-3)128-72(134-50)65(121-23-44(94)95)59(52)115-17-38(82)83/h29-35,50-77H,8-28H2,1-7H3,(H,78,79)(H,80,81)(H,82,83)(H,84,85)(H,86,87)(H,88,89)(H,90,91)(H,92,93)(H,94,95)(H,96,97)(H,98,99)(H,100,101)(H,102,103)(H,104,105)/t29-,30-,31-,32-,33-,34-,35-,50-,51-,52-,53-,54-,55-,56-,57+,58+,59+,60+,61+,62+,63+,64-,65-,66-,67-,68-,69-,70-,71-,72-,73-,74-,75-,76-,77-/m1/s1. The molecule has 21 aliphatic heterocycles. The Bertz CT molecular complexity index is 3280. The van der Waals surface area contributed by atoms with Gasteiger partial charge in [0, 0.05) is 49.8 Å². The van der Waals surface area contributed by atoms with E-state index >= 15 is 0 Å². The summed E-state index contributed by atoms with van der Waals surface area (Å²) in [6.45, 7) is -26.4. The smallest absolute Gasteiger partial charge is 0.329 e. The second-order valence-corrected chi connectivity index (χ2v) is 31.1. The molecule has 0 aromatic heterocycles. The van der Waals surface area contributed by atoms with Gasteiger partial charge in [-0.1, -0.05) is 0 Å². The van der Waals surface area contributed by atoms with E-state index in [1.165, 1.54) is 0 Å². The first-order valence-electron chi connectivity index (χ1n) is 41.9. The number of rotatable bonds is 56. The summed E-state index contributed by atoms with van der Waals surface area (Å²) < 4.78 is 216. The molecule has 0 spiro atoms. The number of ether oxygens (including phenoxy) is 35. The van der Waals surface area contributed by atoms with E-state index in [0.717, 1.165) is 49.8 Å². The highest BCUT2D eigenvalue weighted by molar-refractivity contribution is 5.72. The Hall–Kier alpha value is -8.82. The van der Waals surface area contributed by atoms with Crippen molar-refractivity contribution in [1.29, 1.82) is 0 Å². The van der Waals surface area contributed by atoms with Crippen LogP contribution >= 0.6 is 0 Å². The molecule has 0 saturated carbocycles. The quantitative estimate of drug-likeness (QED) is 0.0269. The van der Waals surface area contributed by atoms with Crippen LogP contribution in [0.15, 0.2) is 0 Å². The first kappa shape index (κ1) is 116. The molecule has 63 heteroatoms. The zero-order valence-corrected chi connectivity index (χ0v) is 75.3. The molecule has 63 nitrogen and oxygen atoms in total. The zero-order valence-electron chi connectivity index (χ0n) is 75.3. The Morgan fingerprint density at radius 1 is 0.150 bits per heavy atom. The molecule has 21 rings (SSSR count). The molecule has 0 aromatic rings. The highest BCUT2D eigenvalue weighted by atomic mass is 16.8. The number of carboxylic acid groups (broad SMARTS) is 14. The van der Waals surface area contributed by atoms with Gasteiger partial charge < -0.3 is 237 Å². The van der Waals surface area contributed by atoms with Gasteiger partial charge in [-0.15, -0.1) is 0 Å². The van der Waals surface area contributed by atoms with Crippen LogP contribution in [0.4, 0.5) is 0 Å². The van der Waals surface area contributed by atoms with Gasteiger partial charge in [0.1, 0.15) is 263 Å². The van der Waals surface area contributed by atoms with Gasteiger partial charge in [-0.25, -0.2) is 67.1 Å². The van der Waals surface area contributed by atoms with Crippen molar-refractivity contribution in [2.24, 2.45) is 0 Å². The molecular formula is C77H112O63. The van der Waals surface area contributed by atoms with Crippen LogP contribution in [0.1, 0.15) is 0 Å². The summed E-state index contributed by atoms with van der Waals surface area (Å²) in [5.74, 6) is -25.5. The number of hydrogen-bond donors (Lipinski definition) is 14. The summed E-state index contributed by atoms with van der Waals surface area (Å²) in [5, 5.41) is 146. The summed E-state index contributed by atoms with van der Waals surface area (Å²) in [7, 11) is 7.22. The third-order valence-electron chi connectivity index (χ3n) is 21.1. The fraction of sp³-hybridized carbons (Fsp3) is 0.818. The normalized spacial score (nSPS) is 35.4. The molecule has 0 unspecified atom stereocenters. The van der Waals surface area contributed by atoms with Crippen LogP contribution in [0, 0.1) is 0 Å². The van der Waals surface area contributed by atoms with Crippen molar-refractivity contribution in [2.45, 2.75) is 215 Å². The fourth-order valence-corrected chi connectivity index (χ4v) is 16.1. The Morgan fingerprint density at radius 3 is 0.314 bits per heavy atom. The zero-order chi connectivity index (χ0) is 103. The van der Waals surface area contributed by atoms with E-state index in [9.17, 15) is 139 Å². The second-order valence-electron chi connectivity index (χ2n) is 31.1. The molecule has 14 bridgehead atoms. The van der Waals surface area contributed by atoms with Gasteiger partial charge in [-0.05, 0) is 0 Å². The van der Waals surface area contributed by atoms with E-state index in [1.54, 1.807) is 0 Å². The van der Waals surface area contributed by atoms with Gasteiger partial charge in [0.2, 0.25) is 0 Å². The van der Waals surface area contributed by atoms with Crippen LogP contribution in [-0.4, -0.2) is 559 Å². The molecule has 0 amide bonds. The minimum absolute atomic E-state index is 0.853. The molecule has 14 N–H and O–H groups in total. The highest BCUT2D eigenvalue weighted by Crippen LogP contribution is 2.45. The van der Waals surface area contributed by atoms with E-state index in [4.69, 9.17) is 166 Å². The summed E-state index contributed by atoms with van der Waals surface area (Å²) in [6.07, 6.45) is -78.5. The minimum atomic E-state index is -2.40. The lowest BCUT2D eigenvalue weighted by Crippen LogP contribution is -2.70. The predicted molar refractivity (Wildman–Crippen MR) is 421 cm³/mol. The van der Waals surface area contributed by atoms with E-state index in [1.807, 2.05) is 0 Å². The monoisotopic (exact) mass is 2040 g/mol.